The van der Waals surface area contributed by atoms with Gasteiger partial charge in [0.05, 0.1) is 28.6 Å². The lowest BCUT2D eigenvalue weighted by atomic mass is 10.1. The number of H-pyrrole nitrogens is 1. The normalized spacial score (nSPS) is 13.1. The average molecular weight is 385 g/mol. The summed E-state index contributed by atoms with van der Waals surface area (Å²) in [6, 6.07) is 5.16. The summed E-state index contributed by atoms with van der Waals surface area (Å²) in [6.07, 6.45) is 4.71. The SMILES string of the molecule is CC(c1nnc2c(=O)[nH]c3cc(C#N)c(-n4ccnc4)cc3n12)P(=O)(O)O. The number of nitrogens with zero attached hydrogens (tertiary/aromatic N) is 6. The summed E-state index contributed by atoms with van der Waals surface area (Å²) in [4.78, 5) is 38.0. The molecule has 136 valence electrons. The van der Waals surface area contributed by atoms with Crippen LogP contribution < -0.4 is 5.56 Å². The van der Waals surface area contributed by atoms with Crippen molar-refractivity contribution >= 4 is 24.3 Å². The molecule has 0 bridgehead atoms. The van der Waals surface area contributed by atoms with Crippen LogP contribution in [0.25, 0.3) is 22.4 Å². The highest BCUT2D eigenvalue weighted by molar-refractivity contribution is 7.52. The van der Waals surface area contributed by atoms with E-state index in [1.165, 1.54) is 23.7 Å². The largest absolute Gasteiger partial charge is 0.335 e. The van der Waals surface area contributed by atoms with Gasteiger partial charge in [0.2, 0.25) is 5.65 Å². The van der Waals surface area contributed by atoms with Gasteiger partial charge in [-0.05, 0) is 19.1 Å². The summed E-state index contributed by atoms with van der Waals surface area (Å²) >= 11 is 0. The number of benzene rings is 1. The maximum Gasteiger partial charge on any atom is 0.335 e. The van der Waals surface area contributed by atoms with Crippen LogP contribution in [0.1, 0.15) is 24.0 Å². The number of nitrogens with one attached hydrogen (secondary N) is 1. The Morgan fingerprint density at radius 2 is 2.11 bits per heavy atom. The predicted molar refractivity (Wildman–Crippen MR) is 93.4 cm³/mol. The van der Waals surface area contributed by atoms with Gasteiger partial charge in [0.15, 0.2) is 5.82 Å². The number of hydrogen-bond donors (Lipinski definition) is 3. The number of aromatic nitrogens is 6. The van der Waals surface area contributed by atoms with Crippen LogP contribution in [-0.4, -0.2) is 38.9 Å². The quantitative estimate of drug-likeness (QED) is 0.437. The first-order valence-electron chi connectivity index (χ1n) is 7.70. The van der Waals surface area contributed by atoms with E-state index in [1.54, 1.807) is 23.0 Å². The van der Waals surface area contributed by atoms with Crippen molar-refractivity contribution in [1.29, 1.82) is 5.26 Å². The van der Waals surface area contributed by atoms with Crippen LogP contribution in [0.4, 0.5) is 0 Å². The Morgan fingerprint density at radius 1 is 1.33 bits per heavy atom. The van der Waals surface area contributed by atoms with Gasteiger partial charge in [-0.15, -0.1) is 10.2 Å². The van der Waals surface area contributed by atoms with Crippen molar-refractivity contribution < 1.29 is 14.4 Å². The third kappa shape index (κ3) is 2.63. The Balaban J connectivity index is 2.15. The molecule has 3 N–H and O–H groups in total. The minimum absolute atomic E-state index is 0.0456. The van der Waals surface area contributed by atoms with Crippen molar-refractivity contribution in [2.24, 2.45) is 0 Å². The van der Waals surface area contributed by atoms with E-state index in [0.29, 0.717) is 16.7 Å². The number of nitriles is 1. The van der Waals surface area contributed by atoms with Gasteiger partial charge in [-0.3, -0.25) is 13.8 Å². The van der Waals surface area contributed by atoms with E-state index < -0.39 is 18.8 Å². The number of aromatic amines is 1. The zero-order valence-electron chi connectivity index (χ0n) is 13.8. The molecule has 1 unspecified atom stereocenters. The molecule has 0 aliphatic rings. The fourth-order valence-corrected chi connectivity index (χ4v) is 3.32. The summed E-state index contributed by atoms with van der Waals surface area (Å²) in [5.41, 5.74) is -0.477. The smallest absolute Gasteiger partial charge is 0.324 e. The Bertz CT molecular complexity index is 1330. The molecule has 0 amide bonds. The van der Waals surface area contributed by atoms with Gasteiger partial charge in [0.25, 0.3) is 5.56 Å². The van der Waals surface area contributed by atoms with Crippen molar-refractivity contribution in [2.45, 2.75) is 12.6 Å². The number of imidazole rings is 1. The maximum atomic E-state index is 12.3. The summed E-state index contributed by atoms with van der Waals surface area (Å²) in [5.74, 6) is -0.0456. The highest BCUT2D eigenvalue weighted by Crippen LogP contribution is 2.50. The molecule has 0 aliphatic carbocycles. The first-order valence-corrected chi connectivity index (χ1v) is 9.38. The van der Waals surface area contributed by atoms with Gasteiger partial charge in [0, 0.05) is 12.4 Å². The lowest BCUT2D eigenvalue weighted by Gasteiger charge is -2.13. The van der Waals surface area contributed by atoms with Crippen LogP contribution in [0.2, 0.25) is 0 Å². The van der Waals surface area contributed by atoms with Gasteiger partial charge in [-0.1, -0.05) is 0 Å². The molecule has 1 aromatic carbocycles. The molecule has 0 saturated heterocycles. The Labute approximate surface area is 150 Å². The van der Waals surface area contributed by atoms with Crippen molar-refractivity contribution in [3.05, 3.63) is 52.6 Å². The Kier molecular flexibility index (Phi) is 3.71. The zero-order valence-corrected chi connectivity index (χ0v) is 14.7. The first-order chi connectivity index (χ1) is 12.8. The summed E-state index contributed by atoms with van der Waals surface area (Å²) in [7, 11) is -4.52. The molecule has 11 nitrogen and oxygen atoms in total. The molecule has 4 rings (SSSR count). The molecule has 0 saturated carbocycles. The Hall–Kier alpha value is -3.32. The van der Waals surface area contributed by atoms with E-state index in [-0.39, 0.29) is 17.0 Å². The van der Waals surface area contributed by atoms with Gasteiger partial charge in [0.1, 0.15) is 11.7 Å². The van der Waals surface area contributed by atoms with Crippen molar-refractivity contribution in [2.75, 3.05) is 0 Å². The van der Waals surface area contributed by atoms with Crippen LogP contribution >= 0.6 is 7.60 Å². The van der Waals surface area contributed by atoms with Crippen molar-refractivity contribution in [3.63, 3.8) is 0 Å². The molecule has 0 spiro atoms. The van der Waals surface area contributed by atoms with E-state index in [1.807, 2.05) is 0 Å². The molecule has 1 atom stereocenters. The molecule has 12 heteroatoms. The molecule has 27 heavy (non-hydrogen) atoms. The molecule has 4 aromatic rings. The minimum Gasteiger partial charge on any atom is -0.324 e. The van der Waals surface area contributed by atoms with E-state index in [0.717, 1.165) is 0 Å². The Morgan fingerprint density at radius 3 is 2.74 bits per heavy atom. The van der Waals surface area contributed by atoms with Crippen LogP contribution in [0.3, 0.4) is 0 Å². The molecule has 3 aromatic heterocycles. The second-order valence-electron chi connectivity index (χ2n) is 5.90. The second kappa shape index (κ2) is 5.85. The highest BCUT2D eigenvalue weighted by Gasteiger charge is 2.31. The summed E-state index contributed by atoms with van der Waals surface area (Å²) in [6.45, 7) is 1.31. The summed E-state index contributed by atoms with van der Waals surface area (Å²) in [5, 5.41) is 17.1. The van der Waals surface area contributed by atoms with Crippen molar-refractivity contribution in [1.82, 2.24) is 29.1 Å². The van der Waals surface area contributed by atoms with Gasteiger partial charge in [-0.2, -0.15) is 5.26 Å². The first kappa shape index (κ1) is 17.1. The van der Waals surface area contributed by atoms with Gasteiger partial charge < -0.3 is 19.3 Å². The topological polar surface area (TPSA) is 162 Å². The zero-order chi connectivity index (χ0) is 19.3. The van der Waals surface area contributed by atoms with E-state index >= 15 is 0 Å². The van der Waals surface area contributed by atoms with E-state index in [4.69, 9.17) is 0 Å². The third-order valence-electron chi connectivity index (χ3n) is 4.28. The van der Waals surface area contributed by atoms with Crippen LogP contribution in [0.15, 0.2) is 35.6 Å². The molecule has 0 aliphatic heterocycles. The van der Waals surface area contributed by atoms with Crippen molar-refractivity contribution in [3.8, 4) is 11.8 Å². The number of rotatable bonds is 3. The fraction of sp³-hybridized carbons (Fsp3) is 0.133. The third-order valence-corrected chi connectivity index (χ3v) is 5.52. The van der Waals surface area contributed by atoms with Crippen LogP contribution in [0.5, 0.6) is 0 Å². The average Bonchev–Trinajstić information content (AvgIpc) is 3.29. The van der Waals surface area contributed by atoms with E-state index in [9.17, 15) is 24.4 Å². The van der Waals surface area contributed by atoms with Crippen LogP contribution in [0, 0.1) is 11.3 Å². The van der Waals surface area contributed by atoms with E-state index in [2.05, 4.69) is 26.2 Å². The predicted octanol–water partition coefficient (Wildman–Crippen LogP) is 0.867. The fourth-order valence-electron chi connectivity index (χ4n) is 2.85. The maximum absolute atomic E-state index is 12.3. The van der Waals surface area contributed by atoms with Gasteiger partial charge >= 0.3 is 7.60 Å². The molecule has 0 radical (unpaired) electrons. The second-order valence-corrected chi connectivity index (χ2v) is 7.86. The summed E-state index contributed by atoms with van der Waals surface area (Å²) < 4.78 is 14.6. The molecule has 3 heterocycles. The van der Waals surface area contributed by atoms with Gasteiger partial charge in [-0.25, -0.2) is 4.98 Å². The van der Waals surface area contributed by atoms with Crippen LogP contribution in [-0.2, 0) is 4.57 Å². The molecular formula is C15H12N7O4P. The number of fused-ring (bicyclic) bond motifs is 3. The lowest BCUT2D eigenvalue weighted by Crippen LogP contribution is -2.13. The number of hydrogen-bond acceptors (Lipinski definition) is 6. The minimum atomic E-state index is -4.52. The standard InChI is InChI=1S/C15H12N7O4P/c1-8(27(24,25)26)13-19-20-14-15(23)18-10-4-9(6-16)11(5-12(10)22(13)14)21-3-2-17-7-21/h2-5,7-8H,1H3,(H,18,23)(H2,24,25,26). The highest BCUT2D eigenvalue weighted by atomic mass is 31.2. The molecular weight excluding hydrogens is 373 g/mol. The lowest BCUT2D eigenvalue weighted by molar-refractivity contribution is 0.359. The molecule has 0 fully saturated rings. The monoisotopic (exact) mass is 385 g/mol.